The van der Waals surface area contributed by atoms with Crippen LogP contribution in [0.1, 0.15) is 36.5 Å². The smallest absolute Gasteiger partial charge is 0.229 e. The Labute approximate surface area is 269 Å². The van der Waals surface area contributed by atoms with E-state index in [-0.39, 0.29) is 0 Å². The largest absolute Gasteiger partial charge is 0.375 e. The Kier molecular flexibility index (Phi) is 9.35. The number of aromatic nitrogens is 2. The van der Waals surface area contributed by atoms with E-state index in [9.17, 15) is 0 Å². The van der Waals surface area contributed by atoms with Gasteiger partial charge in [0.25, 0.3) is 0 Å². The molecule has 6 rings (SSSR count). The molecule has 2 N–H and O–H groups in total. The van der Waals surface area contributed by atoms with E-state index in [1.165, 1.54) is 40.9 Å². The van der Waals surface area contributed by atoms with Crippen LogP contribution in [-0.4, -0.2) is 77.9 Å². The number of rotatable bonds is 9. The lowest BCUT2D eigenvalue weighted by atomic mass is 9.99. The first-order valence-corrected chi connectivity index (χ1v) is 17.4. The van der Waals surface area contributed by atoms with Crippen LogP contribution in [0, 0.1) is 6.92 Å². The van der Waals surface area contributed by atoms with Crippen LogP contribution in [-0.2, 0) is 12.8 Å². The zero-order chi connectivity index (χ0) is 29.9. The van der Waals surface area contributed by atoms with Crippen molar-refractivity contribution >= 4 is 62.4 Å². The normalized spacial score (nSPS) is 17.7. The van der Waals surface area contributed by atoms with Crippen molar-refractivity contribution in [1.29, 1.82) is 0 Å². The predicted molar refractivity (Wildman–Crippen MR) is 186 cm³/mol. The zero-order valence-corrected chi connectivity index (χ0v) is 28.0. The Morgan fingerprint density at radius 3 is 2.56 bits per heavy atom. The minimum Gasteiger partial charge on any atom is -0.375 e. The first-order chi connectivity index (χ1) is 21.0. The Bertz CT molecular complexity index is 1450. The highest BCUT2D eigenvalue weighted by Gasteiger charge is 2.28. The lowest BCUT2D eigenvalue weighted by Gasteiger charge is -2.43. The fourth-order valence-electron chi connectivity index (χ4n) is 6.71. The first-order valence-electron chi connectivity index (χ1n) is 15.5. The molecule has 8 nitrogen and oxygen atoms in total. The number of fused-ring (bicyclic) bond motifs is 1. The molecule has 0 amide bonds. The molecule has 0 unspecified atom stereocenters. The number of aryl methyl sites for hydroxylation is 2. The second-order valence-electron chi connectivity index (χ2n) is 11.6. The Morgan fingerprint density at radius 2 is 1.84 bits per heavy atom. The molecule has 0 atom stereocenters. The average molecular weight is 664 g/mol. The highest BCUT2D eigenvalue weighted by atomic mass is 79.9. The van der Waals surface area contributed by atoms with Gasteiger partial charge in [-0.2, -0.15) is 4.98 Å². The van der Waals surface area contributed by atoms with Crippen molar-refractivity contribution in [1.82, 2.24) is 19.8 Å². The van der Waals surface area contributed by atoms with Gasteiger partial charge in [-0.1, -0.05) is 37.6 Å². The van der Waals surface area contributed by atoms with Gasteiger partial charge in [-0.15, -0.1) is 0 Å². The van der Waals surface area contributed by atoms with Gasteiger partial charge in [0.2, 0.25) is 5.95 Å². The molecule has 3 aliphatic heterocycles. The molecule has 3 aromatic rings. The van der Waals surface area contributed by atoms with Crippen molar-refractivity contribution < 1.29 is 0 Å². The molecule has 0 saturated carbocycles. The molecule has 228 valence electrons. The maximum atomic E-state index is 4.89. The van der Waals surface area contributed by atoms with E-state index < -0.39 is 0 Å². The molecule has 0 radical (unpaired) electrons. The Balaban J connectivity index is 1.15. The van der Waals surface area contributed by atoms with Crippen molar-refractivity contribution in [3.05, 3.63) is 70.5 Å². The van der Waals surface area contributed by atoms with Gasteiger partial charge in [-0.3, -0.25) is 4.90 Å². The molecule has 1 aromatic heterocycles. The van der Waals surface area contributed by atoms with E-state index in [0.717, 1.165) is 80.3 Å². The summed E-state index contributed by atoms with van der Waals surface area (Å²) in [6, 6.07) is 11.8. The van der Waals surface area contributed by atoms with Crippen molar-refractivity contribution in [3.8, 4) is 0 Å². The van der Waals surface area contributed by atoms with Gasteiger partial charge >= 0.3 is 0 Å². The van der Waals surface area contributed by atoms with E-state index in [1.807, 2.05) is 12.4 Å². The molecule has 2 fully saturated rings. The van der Waals surface area contributed by atoms with Gasteiger partial charge in [0.05, 0.1) is 15.8 Å². The molecular formula is C33H43BrN8S. The van der Waals surface area contributed by atoms with Crippen molar-refractivity contribution in [2.75, 3.05) is 71.9 Å². The van der Waals surface area contributed by atoms with E-state index in [4.69, 9.17) is 4.98 Å². The number of nitrogens with one attached hydrogen (secondary N) is 2. The third kappa shape index (κ3) is 6.47. The number of nitrogens with zero attached hydrogens (tertiary/aromatic N) is 6. The lowest BCUT2D eigenvalue weighted by molar-refractivity contribution is 0.107. The van der Waals surface area contributed by atoms with Crippen LogP contribution in [0.15, 0.2) is 53.8 Å². The standard InChI is InChI=1S/C33H43BrN8S/c1-5-24-21-30(41-13-11-26(12-14-41)40-18-16-39(6-2)17-19-40)23(3)20-29(24)37-33-35-22-27(34)32(38-33)36-28-9-7-8-25-10-15-42(43-4)31(25)28/h6-9,20-22,26H,2,5,10-19H2,1,3-4H3,(H2,35,36,37,38). The number of piperidine rings is 1. The number of para-hydroxylation sites is 1. The summed E-state index contributed by atoms with van der Waals surface area (Å²) < 4.78 is 3.17. The van der Waals surface area contributed by atoms with Gasteiger partial charge in [0, 0.05) is 75.7 Å². The summed E-state index contributed by atoms with van der Waals surface area (Å²) >= 11 is 5.43. The maximum Gasteiger partial charge on any atom is 0.229 e. The van der Waals surface area contributed by atoms with Gasteiger partial charge < -0.3 is 24.7 Å². The average Bonchev–Trinajstić information content (AvgIpc) is 3.47. The zero-order valence-electron chi connectivity index (χ0n) is 25.6. The van der Waals surface area contributed by atoms with E-state index >= 15 is 0 Å². The van der Waals surface area contributed by atoms with Crippen molar-refractivity contribution in [2.45, 2.75) is 45.6 Å². The summed E-state index contributed by atoms with van der Waals surface area (Å²) in [7, 11) is 0. The molecule has 0 aliphatic carbocycles. The number of halogens is 1. The Hall–Kier alpha value is -2.95. The van der Waals surface area contributed by atoms with Crippen LogP contribution in [0.5, 0.6) is 0 Å². The number of benzene rings is 2. The third-order valence-electron chi connectivity index (χ3n) is 9.15. The summed E-state index contributed by atoms with van der Waals surface area (Å²) in [6.45, 7) is 16.1. The Morgan fingerprint density at radius 1 is 1.05 bits per heavy atom. The minimum absolute atomic E-state index is 0.583. The molecule has 0 bridgehead atoms. The van der Waals surface area contributed by atoms with Gasteiger partial charge in [0.15, 0.2) is 0 Å². The molecule has 10 heteroatoms. The van der Waals surface area contributed by atoms with Crippen molar-refractivity contribution in [3.63, 3.8) is 0 Å². The summed E-state index contributed by atoms with van der Waals surface area (Å²) in [4.78, 5) is 17.1. The molecule has 0 spiro atoms. The third-order valence-corrected chi connectivity index (χ3v) is 10.5. The minimum atomic E-state index is 0.583. The van der Waals surface area contributed by atoms with Crippen LogP contribution in [0.25, 0.3) is 0 Å². The summed E-state index contributed by atoms with van der Waals surface area (Å²) in [5, 5.41) is 7.12. The summed E-state index contributed by atoms with van der Waals surface area (Å²) in [5.41, 5.74) is 8.65. The van der Waals surface area contributed by atoms with E-state index in [1.54, 1.807) is 11.9 Å². The second kappa shape index (κ2) is 13.4. The van der Waals surface area contributed by atoms with Gasteiger partial charge in [-0.05, 0) is 89.6 Å². The number of anilines is 6. The molecule has 2 aromatic carbocycles. The van der Waals surface area contributed by atoms with E-state index in [2.05, 4.69) is 108 Å². The van der Waals surface area contributed by atoms with Crippen LogP contribution < -0.4 is 19.8 Å². The lowest BCUT2D eigenvalue weighted by Crippen LogP contribution is -2.52. The van der Waals surface area contributed by atoms with Crippen LogP contribution in [0.4, 0.5) is 34.5 Å². The fraction of sp³-hybridized carbons (Fsp3) is 0.455. The van der Waals surface area contributed by atoms with Gasteiger partial charge in [-0.25, -0.2) is 4.98 Å². The monoisotopic (exact) mass is 662 g/mol. The highest BCUT2D eigenvalue weighted by molar-refractivity contribution is 9.10. The molecular weight excluding hydrogens is 620 g/mol. The van der Waals surface area contributed by atoms with Crippen molar-refractivity contribution in [2.24, 2.45) is 0 Å². The second-order valence-corrected chi connectivity index (χ2v) is 13.3. The quantitative estimate of drug-likeness (QED) is 0.237. The van der Waals surface area contributed by atoms with Crippen LogP contribution >= 0.6 is 27.9 Å². The maximum absolute atomic E-state index is 4.89. The molecule has 2 saturated heterocycles. The van der Waals surface area contributed by atoms with E-state index in [0.29, 0.717) is 12.0 Å². The number of hydrogen-bond acceptors (Lipinski definition) is 9. The summed E-state index contributed by atoms with van der Waals surface area (Å²) in [6.07, 6.45) is 10.4. The number of piperazine rings is 1. The fourth-order valence-corrected chi connectivity index (χ4v) is 7.68. The summed E-state index contributed by atoms with van der Waals surface area (Å²) in [5.74, 6) is 1.33. The molecule has 43 heavy (non-hydrogen) atoms. The first kappa shape index (κ1) is 30.1. The number of hydrogen-bond donors (Lipinski definition) is 2. The topological polar surface area (TPSA) is 62.8 Å². The highest BCUT2D eigenvalue weighted by Crippen LogP contribution is 2.41. The SMILES string of the molecule is C=CN1CCN(C2CCN(c3cc(CC)c(Nc4ncc(Br)c(Nc5cccc6c5N(SC)CC6)n4)cc3C)CC2)CC1. The van der Waals surface area contributed by atoms with Crippen LogP contribution in [0.3, 0.4) is 0 Å². The predicted octanol–water partition coefficient (Wildman–Crippen LogP) is 6.97. The van der Waals surface area contributed by atoms with Crippen LogP contribution in [0.2, 0.25) is 0 Å². The van der Waals surface area contributed by atoms with Gasteiger partial charge in [0.1, 0.15) is 5.82 Å². The molecule has 3 aliphatic rings. The molecule has 4 heterocycles.